The van der Waals surface area contributed by atoms with Crippen LogP contribution in [0.3, 0.4) is 0 Å². The highest BCUT2D eigenvalue weighted by Gasteiger charge is 2.08. The third-order valence-electron chi connectivity index (χ3n) is 4.17. The van der Waals surface area contributed by atoms with E-state index in [0.717, 1.165) is 34.2 Å². The average molecular weight is 382 g/mol. The minimum Gasteiger partial charge on any atom is -0.333 e. The van der Waals surface area contributed by atoms with Gasteiger partial charge < -0.3 is 4.98 Å². The molecule has 4 rings (SSSR count). The van der Waals surface area contributed by atoms with E-state index in [4.69, 9.17) is 0 Å². The second-order valence-electron chi connectivity index (χ2n) is 5.90. The lowest BCUT2D eigenvalue weighted by molar-refractivity contribution is 0.664. The van der Waals surface area contributed by atoms with Crippen LogP contribution in [-0.2, 0) is 12.3 Å². The van der Waals surface area contributed by atoms with Crippen LogP contribution in [0.2, 0.25) is 0 Å². The van der Waals surface area contributed by atoms with Crippen LogP contribution in [0, 0.1) is 6.92 Å². The molecule has 2 heterocycles. The molecule has 2 aromatic carbocycles. The molecule has 0 fully saturated rings. The average Bonchev–Trinajstić information content (AvgIpc) is 3.31. The summed E-state index contributed by atoms with van der Waals surface area (Å²) < 4.78 is 1.86. The highest BCUT2D eigenvalue weighted by atomic mass is 32.2. The quantitative estimate of drug-likeness (QED) is 0.476. The van der Waals surface area contributed by atoms with E-state index < -0.39 is 0 Å². The number of H-pyrrole nitrogens is 1. The summed E-state index contributed by atoms with van der Waals surface area (Å²) in [5, 5.41) is 5.11. The third kappa shape index (κ3) is 3.94. The molecule has 0 radical (unpaired) electrons. The van der Waals surface area contributed by atoms with Crippen molar-refractivity contribution in [3.63, 3.8) is 0 Å². The van der Waals surface area contributed by atoms with Crippen molar-refractivity contribution in [1.29, 1.82) is 0 Å². The minimum absolute atomic E-state index is 0.863. The molecule has 0 aliphatic carbocycles. The summed E-state index contributed by atoms with van der Waals surface area (Å²) in [6.45, 7) is 3.06. The number of rotatable bonds is 7. The number of thioether (sulfide) groups is 2. The van der Waals surface area contributed by atoms with Gasteiger partial charge in [-0.25, -0.2) is 9.97 Å². The van der Waals surface area contributed by atoms with Crippen LogP contribution in [0.4, 0.5) is 0 Å². The lowest BCUT2D eigenvalue weighted by Crippen LogP contribution is -2.01. The monoisotopic (exact) mass is 381 g/mol. The van der Waals surface area contributed by atoms with Crippen molar-refractivity contribution in [3.05, 3.63) is 66.2 Å². The number of nitrogens with zero attached hydrogens (tertiary/aromatic N) is 4. The molecule has 2 aromatic heterocycles. The number of aryl methyl sites for hydroxylation is 1. The van der Waals surface area contributed by atoms with Crippen molar-refractivity contribution >= 4 is 34.6 Å². The fourth-order valence-electron chi connectivity index (χ4n) is 2.71. The van der Waals surface area contributed by atoms with Gasteiger partial charge in [0.25, 0.3) is 0 Å². The van der Waals surface area contributed by atoms with Crippen molar-refractivity contribution in [2.45, 2.75) is 29.3 Å². The van der Waals surface area contributed by atoms with E-state index in [1.165, 1.54) is 16.0 Å². The first-order valence-electron chi connectivity index (χ1n) is 8.41. The first-order chi connectivity index (χ1) is 12.8. The third-order valence-corrected chi connectivity index (χ3v) is 6.23. The zero-order valence-corrected chi connectivity index (χ0v) is 16.1. The van der Waals surface area contributed by atoms with Crippen LogP contribution in [0.25, 0.3) is 11.0 Å². The maximum absolute atomic E-state index is 4.64. The predicted molar refractivity (Wildman–Crippen MR) is 108 cm³/mol. The number of hydrogen-bond donors (Lipinski definition) is 1. The van der Waals surface area contributed by atoms with Crippen molar-refractivity contribution in [2.24, 2.45) is 0 Å². The number of aromatic amines is 1. The van der Waals surface area contributed by atoms with Crippen LogP contribution < -0.4 is 0 Å². The molecule has 0 aliphatic rings. The molecule has 132 valence electrons. The zero-order valence-electron chi connectivity index (χ0n) is 14.4. The van der Waals surface area contributed by atoms with Crippen molar-refractivity contribution in [1.82, 2.24) is 24.7 Å². The van der Waals surface area contributed by atoms with Gasteiger partial charge in [0, 0.05) is 16.4 Å². The molecule has 0 aliphatic heterocycles. The van der Waals surface area contributed by atoms with Gasteiger partial charge >= 0.3 is 0 Å². The Labute approximate surface area is 160 Å². The number of hydrogen-bond acceptors (Lipinski definition) is 5. The Morgan fingerprint density at radius 1 is 1.08 bits per heavy atom. The fraction of sp³-hybridized carbons (Fsp3) is 0.211. The first kappa shape index (κ1) is 17.2. The van der Waals surface area contributed by atoms with E-state index in [1.807, 2.05) is 34.6 Å². The maximum atomic E-state index is 4.64. The van der Waals surface area contributed by atoms with E-state index in [9.17, 15) is 0 Å². The fourth-order valence-corrected chi connectivity index (χ4v) is 4.68. The molecule has 5 nitrogen and oxygen atoms in total. The highest BCUT2D eigenvalue weighted by Crippen LogP contribution is 2.29. The molecule has 4 aromatic rings. The number of fused-ring (bicyclic) bond motifs is 1. The molecular weight excluding hydrogens is 362 g/mol. The summed E-state index contributed by atoms with van der Waals surface area (Å²) in [7, 11) is 0. The summed E-state index contributed by atoms with van der Waals surface area (Å²) in [4.78, 5) is 13.3. The summed E-state index contributed by atoms with van der Waals surface area (Å²) in [5.74, 6) is 1.88. The lowest BCUT2D eigenvalue weighted by atomic mass is 10.1. The number of nitrogens with one attached hydrogen (secondary N) is 1. The second kappa shape index (κ2) is 7.97. The zero-order chi connectivity index (χ0) is 17.8. The molecule has 0 atom stereocenters. The van der Waals surface area contributed by atoms with Crippen LogP contribution in [-0.4, -0.2) is 30.5 Å². The normalized spacial score (nSPS) is 11.3. The topological polar surface area (TPSA) is 59.4 Å². The second-order valence-corrected chi connectivity index (χ2v) is 8.00. The van der Waals surface area contributed by atoms with Gasteiger partial charge in [-0.2, -0.15) is 5.10 Å². The number of aromatic nitrogens is 5. The van der Waals surface area contributed by atoms with Gasteiger partial charge in [-0.1, -0.05) is 36.0 Å². The highest BCUT2D eigenvalue weighted by molar-refractivity contribution is 7.99. The Bertz CT molecular complexity index is 961. The molecule has 0 unspecified atom stereocenters. The van der Waals surface area contributed by atoms with Crippen LogP contribution in [0.5, 0.6) is 0 Å². The molecule has 0 spiro atoms. The maximum Gasteiger partial charge on any atom is 0.166 e. The number of benzene rings is 2. The Kier molecular flexibility index (Phi) is 5.26. The molecule has 0 saturated carbocycles. The Balaban J connectivity index is 1.40. The van der Waals surface area contributed by atoms with Gasteiger partial charge in [0.15, 0.2) is 5.16 Å². The molecule has 0 saturated heterocycles. The summed E-state index contributed by atoms with van der Waals surface area (Å²) in [6.07, 6.45) is 3.33. The smallest absolute Gasteiger partial charge is 0.166 e. The van der Waals surface area contributed by atoms with Gasteiger partial charge in [-0.05, 0) is 36.2 Å². The van der Waals surface area contributed by atoms with Gasteiger partial charge in [-0.3, -0.25) is 4.68 Å². The van der Waals surface area contributed by atoms with Crippen molar-refractivity contribution in [3.8, 4) is 0 Å². The van der Waals surface area contributed by atoms with Crippen molar-refractivity contribution in [2.75, 3.05) is 5.75 Å². The van der Waals surface area contributed by atoms with E-state index in [-0.39, 0.29) is 0 Å². The van der Waals surface area contributed by atoms with E-state index in [1.54, 1.807) is 24.4 Å². The largest absolute Gasteiger partial charge is 0.333 e. The molecule has 26 heavy (non-hydrogen) atoms. The summed E-state index contributed by atoms with van der Waals surface area (Å²) in [6, 6.07) is 14.7. The SMILES string of the molecule is Cc1c(CSc2nc3ccccc3[nH]2)cccc1SCCn1cncn1. The van der Waals surface area contributed by atoms with Gasteiger partial charge in [0.2, 0.25) is 0 Å². The number of para-hydroxylation sites is 2. The van der Waals surface area contributed by atoms with Crippen LogP contribution in [0.15, 0.2) is 65.2 Å². The van der Waals surface area contributed by atoms with E-state index in [2.05, 4.69) is 51.2 Å². The minimum atomic E-state index is 0.863. The van der Waals surface area contributed by atoms with Crippen molar-refractivity contribution < 1.29 is 0 Å². The summed E-state index contributed by atoms with van der Waals surface area (Å²) in [5.41, 5.74) is 4.80. The number of imidazole rings is 1. The van der Waals surface area contributed by atoms with E-state index in [0.29, 0.717) is 0 Å². The van der Waals surface area contributed by atoms with E-state index >= 15 is 0 Å². The Hall–Kier alpha value is -2.25. The first-order valence-corrected chi connectivity index (χ1v) is 10.4. The molecule has 7 heteroatoms. The Morgan fingerprint density at radius 2 is 2.00 bits per heavy atom. The molecule has 0 bridgehead atoms. The van der Waals surface area contributed by atoms with Crippen LogP contribution >= 0.6 is 23.5 Å². The van der Waals surface area contributed by atoms with Gasteiger partial charge in [0.1, 0.15) is 12.7 Å². The predicted octanol–water partition coefficient (Wildman–Crippen LogP) is 4.55. The molecule has 1 N–H and O–H groups in total. The van der Waals surface area contributed by atoms with Gasteiger partial charge in [0.05, 0.1) is 17.6 Å². The Morgan fingerprint density at radius 3 is 2.85 bits per heavy atom. The lowest BCUT2D eigenvalue weighted by Gasteiger charge is -2.10. The van der Waals surface area contributed by atoms with Crippen LogP contribution in [0.1, 0.15) is 11.1 Å². The van der Waals surface area contributed by atoms with Gasteiger partial charge in [-0.15, -0.1) is 11.8 Å². The summed E-state index contributed by atoms with van der Waals surface area (Å²) >= 11 is 3.61. The molecular formula is C19H19N5S2. The standard InChI is InChI=1S/C19H19N5S2/c1-14-15(11-26-19-22-16-6-2-3-7-17(16)23-19)5-4-8-18(14)25-10-9-24-13-20-12-21-24/h2-8,12-13H,9-11H2,1H3,(H,22,23). The molecule has 0 amide bonds.